The monoisotopic (exact) mass is 453 g/mol. The van der Waals surface area contributed by atoms with Crippen LogP contribution in [-0.4, -0.2) is 21.2 Å². The van der Waals surface area contributed by atoms with Crippen LogP contribution in [0.15, 0.2) is 40.8 Å². The van der Waals surface area contributed by atoms with Crippen LogP contribution in [0.2, 0.25) is 10.0 Å². The van der Waals surface area contributed by atoms with Gasteiger partial charge < -0.3 is 5.32 Å². The van der Waals surface area contributed by atoms with Crippen molar-refractivity contribution < 1.29 is 4.79 Å². The van der Waals surface area contributed by atoms with Crippen LogP contribution in [0.1, 0.15) is 10.4 Å². The number of nitrogens with one attached hydrogen (secondary N) is 1. The Morgan fingerprint density at radius 1 is 1.36 bits per heavy atom. The van der Waals surface area contributed by atoms with E-state index >= 15 is 0 Å². The number of hydrogen-bond acceptors (Lipinski definition) is 5. The Morgan fingerprint density at radius 3 is 2.79 bits per heavy atom. The number of carbonyl (C=O) groups is 1. The third-order valence-corrected chi connectivity index (χ3v) is 6.92. The van der Waals surface area contributed by atoms with Crippen molar-refractivity contribution in [1.82, 2.24) is 9.55 Å². The molecule has 2 heterocycles. The Balaban J connectivity index is 1.83. The number of amides is 1. The van der Waals surface area contributed by atoms with Gasteiger partial charge in [0.1, 0.15) is 4.83 Å². The first-order valence-corrected chi connectivity index (χ1v) is 10.9. The molecule has 0 saturated carbocycles. The highest BCUT2D eigenvalue weighted by Crippen LogP contribution is 2.29. The topological polar surface area (TPSA) is 64.0 Å². The number of benzene rings is 1. The Labute approximate surface area is 180 Å². The van der Waals surface area contributed by atoms with Gasteiger partial charge in [-0.25, -0.2) is 4.98 Å². The molecule has 1 aromatic carbocycles. The maximum Gasteiger partial charge on any atom is 0.263 e. The number of nitrogens with zero attached hydrogens (tertiary/aromatic N) is 2. The molecule has 2 aromatic heterocycles. The second-order valence-corrected chi connectivity index (χ2v) is 8.99. The molecule has 0 fully saturated rings. The minimum atomic E-state index is -0.235. The van der Waals surface area contributed by atoms with Crippen molar-refractivity contribution >= 4 is 68.1 Å². The lowest BCUT2D eigenvalue weighted by atomic mass is 10.2. The number of thioether (sulfide) groups is 1. The van der Waals surface area contributed by atoms with Crippen LogP contribution in [0.4, 0.5) is 5.69 Å². The molecule has 0 spiro atoms. The largest absolute Gasteiger partial charge is 0.325 e. The van der Waals surface area contributed by atoms with Crippen LogP contribution in [-0.2, 0) is 11.3 Å². The van der Waals surface area contributed by atoms with E-state index in [9.17, 15) is 9.59 Å². The third-order valence-electron chi connectivity index (χ3n) is 4.10. The van der Waals surface area contributed by atoms with Crippen LogP contribution in [0.5, 0.6) is 0 Å². The van der Waals surface area contributed by atoms with Gasteiger partial charge in [0.15, 0.2) is 5.16 Å². The Morgan fingerprint density at radius 2 is 2.11 bits per heavy atom. The van der Waals surface area contributed by atoms with Gasteiger partial charge in [-0.2, -0.15) is 0 Å². The summed E-state index contributed by atoms with van der Waals surface area (Å²) >= 11 is 14.5. The summed E-state index contributed by atoms with van der Waals surface area (Å²) < 4.78 is 1.55. The normalized spacial score (nSPS) is 11.0. The quantitative estimate of drug-likeness (QED) is 0.312. The smallest absolute Gasteiger partial charge is 0.263 e. The predicted molar refractivity (Wildman–Crippen MR) is 119 cm³/mol. The van der Waals surface area contributed by atoms with Gasteiger partial charge in [0.25, 0.3) is 5.56 Å². The zero-order valence-corrected chi connectivity index (χ0v) is 18.4. The SMILES string of the molecule is C=CCn1c(SCC(=O)Nc2ccc(Cl)c(Cl)c2)nc2sc(C)c(C)c2c1=O. The zero-order chi connectivity index (χ0) is 20.4. The van der Waals surface area contributed by atoms with E-state index in [-0.39, 0.29) is 17.2 Å². The molecule has 0 aliphatic heterocycles. The van der Waals surface area contributed by atoms with Crippen LogP contribution in [0, 0.1) is 13.8 Å². The van der Waals surface area contributed by atoms with E-state index in [2.05, 4.69) is 16.9 Å². The van der Waals surface area contributed by atoms with Crippen LogP contribution in [0.3, 0.4) is 0 Å². The Bertz CT molecular complexity index is 1140. The molecule has 0 aliphatic rings. The van der Waals surface area contributed by atoms with Crippen molar-refractivity contribution in [1.29, 1.82) is 0 Å². The van der Waals surface area contributed by atoms with E-state index in [1.165, 1.54) is 23.1 Å². The summed E-state index contributed by atoms with van der Waals surface area (Å²) in [7, 11) is 0. The fourth-order valence-electron chi connectivity index (χ4n) is 2.61. The fourth-order valence-corrected chi connectivity index (χ4v) is 4.79. The van der Waals surface area contributed by atoms with E-state index in [1.807, 2.05) is 13.8 Å². The molecular weight excluding hydrogens is 437 g/mol. The van der Waals surface area contributed by atoms with Gasteiger partial charge in [-0.05, 0) is 37.6 Å². The van der Waals surface area contributed by atoms with Gasteiger partial charge in [-0.15, -0.1) is 17.9 Å². The van der Waals surface area contributed by atoms with E-state index < -0.39 is 0 Å². The molecule has 0 atom stereocenters. The van der Waals surface area contributed by atoms with Gasteiger partial charge in [0.05, 0.1) is 21.2 Å². The minimum Gasteiger partial charge on any atom is -0.325 e. The minimum absolute atomic E-state index is 0.0959. The highest BCUT2D eigenvalue weighted by atomic mass is 35.5. The number of aromatic nitrogens is 2. The molecule has 0 unspecified atom stereocenters. The predicted octanol–water partition coefficient (Wildman–Crippen LogP) is 5.30. The molecule has 5 nitrogen and oxygen atoms in total. The Kier molecular flexibility index (Phi) is 6.50. The lowest BCUT2D eigenvalue weighted by Crippen LogP contribution is -2.23. The second-order valence-electron chi connectivity index (χ2n) is 6.03. The molecule has 0 aliphatic carbocycles. The zero-order valence-electron chi connectivity index (χ0n) is 15.2. The summed E-state index contributed by atoms with van der Waals surface area (Å²) in [4.78, 5) is 31.6. The average molecular weight is 454 g/mol. The van der Waals surface area contributed by atoms with Gasteiger partial charge in [-0.1, -0.05) is 41.0 Å². The molecule has 0 saturated heterocycles. The van der Waals surface area contributed by atoms with E-state index in [4.69, 9.17) is 23.2 Å². The summed E-state index contributed by atoms with van der Waals surface area (Å²) in [5, 5.41) is 4.66. The molecule has 1 amide bonds. The number of fused-ring (bicyclic) bond motifs is 1. The number of carbonyl (C=O) groups excluding carboxylic acids is 1. The van der Waals surface area contributed by atoms with Crippen molar-refractivity contribution in [2.24, 2.45) is 0 Å². The molecular formula is C19H17Cl2N3O2S2. The van der Waals surface area contributed by atoms with Gasteiger partial charge in [0, 0.05) is 17.1 Å². The highest BCUT2D eigenvalue weighted by molar-refractivity contribution is 7.99. The van der Waals surface area contributed by atoms with Crippen LogP contribution >= 0.6 is 46.3 Å². The summed E-state index contributed by atoms with van der Waals surface area (Å²) in [5.74, 6) is -0.139. The van der Waals surface area contributed by atoms with Crippen molar-refractivity contribution in [3.8, 4) is 0 Å². The summed E-state index contributed by atoms with van der Waals surface area (Å²) in [6.07, 6.45) is 1.64. The molecule has 28 heavy (non-hydrogen) atoms. The molecule has 3 aromatic rings. The fraction of sp³-hybridized carbons (Fsp3) is 0.211. The number of halogens is 2. The van der Waals surface area contributed by atoms with Crippen molar-refractivity contribution in [3.63, 3.8) is 0 Å². The number of thiophene rings is 1. The van der Waals surface area contributed by atoms with Crippen LogP contribution < -0.4 is 10.9 Å². The molecule has 146 valence electrons. The molecule has 0 bridgehead atoms. The van der Waals surface area contributed by atoms with Gasteiger partial charge in [-0.3, -0.25) is 14.2 Å². The maximum absolute atomic E-state index is 12.9. The molecule has 0 radical (unpaired) electrons. The summed E-state index contributed by atoms with van der Waals surface area (Å²) in [5.41, 5.74) is 1.39. The lowest BCUT2D eigenvalue weighted by molar-refractivity contribution is -0.113. The van der Waals surface area contributed by atoms with E-state index in [0.717, 1.165) is 10.4 Å². The van der Waals surface area contributed by atoms with E-state index in [0.29, 0.717) is 37.7 Å². The number of allylic oxidation sites excluding steroid dienone is 1. The number of aryl methyl sites for hydroxylation is 2. The number of rotatable bonds is 6. The average Bonchev–Trinajstić information content (AvgIpc) is 2.93. The maximum atomic E-state index is 12.9. The lowest BCUT2D eigenvalue weighted by Gasteiger charge is -2.11. The van der Waals surface area contributed by atoms with E-state index in [1.54, 1.807) is 28.8 Å². The van der Waals surface area contributed by atoms with Crippen molar-refractivity contribution in [2.45, 2.75) is 25.5 Å². The van der Waals surface area contributed by atoms with Gasteiger partial charge in [0.2, 0.25) is 5.91 Å². The molecule has 3 rings (SSSR count). The number of anilines is 1. The first kappa shape index (κ1) is 20.9. The van der Waals surface area contributed by atoms with Gasteiger partial charge >= 0.3 is 0 Å². The first-order valence-electron chi connectivity index (χ1n) is 8.31. The van der Waals surface area contributed by atoms with Crippen LogP contribution in [0.25, 0.3) is 10.2 Å². The van der Waals surface area contributed by atoms with Crippen molar-refractivity contribution in [3.05, 3.63) is 61.7 Å². The Hall–Kier alpha value is -1.80. The molecule has 1 N–H and O–H groups in total. The summed E-state index contributed by atoms with van der Waals surface area (Å²) in [6, 6.07) is 4.87. The molecule has 9 heteroatoms. The standard InChI is InChI=1S/C19H17Cl2N3O2S2/c1-4-7-24-18(26)16-10(2)11(3)28-17(16)23-19(24)27-9-15(25)22-12-5-6-13(20)14(21)8-12/h4-6,8H,1,7,9H2,2-3H3,(H,22,25). The third kappa shape index (κ3) is 4.27. The van der Waals surface area contributed by atoms with Crippen molar-refractivity contribution in [2.75, 3.05) is 11.1 Å². The first-order chi connectivity index (χ1) is 13.3. The summed E-state index contributed by atoms with van der Waals surface area (Å²) in [6.45, 7) is 7.93. The second kappa shape index (κ2) is 8.69. The number of hydrogen-bond donors (Lipinski definition) is 1. The highest BCUT2D eigenvalue weighted by Gasteiger charge is 2.17.